The number of anilines is 4. The summed E-state index contributed by atoms with van der Waals surface area (Å²) in [5.41, 5.74) is 3.45. The maximum atomic E-state index is 13.0. The third kappa shape index (κ3) is 6.74. The van der Waals surface area contributed by atoms with Crippen LogP contribution in [-0.4, -0.2) is 56.8 Å². The second-order valence-corrected chi connectivity index (χ2v) is 13.6. The van der Waals surface area contributed by atoms with Crippen LogP contribution in [0.2, 0.25) is 5.02 Å². The Balaban J connectivity index is 1.65. The molecular formula is C24H28ClFN5O5PS. The summed E-state index contributed by atoms with van der Waals surface area (Å²) in [5, 5.41) is 6.62. The molecule has 0 atom stereocenters. The highest BCUT2D eigenvalue weighted by Gasteiger charge is 2.22. The van der Waals surface area contributed by atoms with Crippen LogP contribution in [0.1, 0.15) is 18.1 Å². The van der Waals surface area contributed by atoms with Crippen LogP contribution in [-0.2, 0) is 28.0 Å². The Morgan fingerprint density at radius 2 is 1.92 bits per heavy atom. The molecule has 0 unspecified atom stereocenters. The molecule has 3 aromatic rings. The van der Waals surface area contributed by atoms with E-state index in [1.54, 1.807) is 7.11 Å². The van der Waals surface area contributed by atoms with Crippen molar-refractivity contribution in [2.24, 2.45) is 0 Å². The minimum atomic E-state index is -5.24. The van der Waals surface area contributed by atoms with Crippen LogP contribution in [0.15, 0.2) is 36.5 Å². The predicted octanol–water partition coefficient (Wildman–Crippen LogP) is 4.84. The highest BCUT2D eigenvalue weighted by Crippen LogP contribution is 2.40. The first-order valence-electron chi connectivity index (χ1n) is 11.7. The van der Waals surface area contributed by atoms with Gasteiger partial charge in [-0.15, -0.1) is 0 Å². The number of rotatable bonds is 9. The van der Waals surface area contributed by atoms with Crippen molar-refractivity contribution < 1.29 is 25.8 Å². The van der Waals surface area contributed by atoms with Crippen LogP contribution >= 0.6 is 18.7 Å². The van der Waals surface area contributed by atoms with Gasteiger partial charge in [-0.3, -0.25) is 4.90 Å². The van der Waals surface area contributed by atoms with Gasteiger partial charge in [0.05, 0.1) is 24.7 Å². The third-order valence-corrected chi connectivity index (χ3v) is 8.25. The number of hydrogen-bond donors (Lipinski definition) is 2. The number of fused-ring (bicyclic) bond motifs is 1. The minimum Gasteiger partial charge on any atom is -0.495 e. The smallest absolute Gasteiger partial charge is 0.488 e. The second-order valence-electron chi connectivity index (χ2n) is 9.09. The van der Waals surface area contributed by atoms with Crippen LogP contribution < -0.4 is 24.9 Å². The van der Waals surface area contributed by atoms with Gasteiger partial charge < -0.3 is 24.1 Å². The molecule has 1 aliphatic rings. The van der Waals surface area contributed by atoms with Crippen molar-refractivity contribution in [1.82, 2.24) is 14.9 Å². The molecule has 0 radical (unpaired) electrons. The molecule has 38 heavy (non-hydrogen) atoms. The van der Waals surface area contributed by atoms with Crippen molar-refractivity contribution in [2.45, 2.75) is 19.9 Å². The fourth-order valence-corrected chi connectivity index (χ4v) is 5.79. The van der Waals surface area contributed by atoms with Crippen LogP contribution in [0.3, 0.4) is 0 Å². The van der Waals surface area contributed by atoms with E-state index in [-0.39, 0.29) is 27.8 Å². The zero-order chi connectivity index (χ0) is 27.7. The van der Waals surface area contributed by atoms with Gasteiger partial charge in [0.15, 0.2) is 5.82 Å². The molecule has 0 bridgehead atoms. The van der Waals surface area contributed by atoms with Crippen molar-refractivity contribution in [3.05, 3.63) is 52.7 Å². The highest BCUT2D eigenvalue weighted by molar-refractivity contribution is 7.81. The summed E-state index contributed by atoms with van der Waals surface area (Å²) in [6.45, 7) is 7.89. The molecule has 1 aromatic heterocycles. The van der Waals surface area contributed by atoms with Crippen molar-refractivity contribution in [2.75, 3.05) is 44.2 Å². The summed E-state index contributed by atoms with van der Waals surface area (Å²) >= 11 is 6.35. The lowest BCUT2D eigenvalue weighted by Gasteiger charge is -2.28. The zero-order valence-corrected chi connectivity index (χ0v) is 23.8. The van der Waals surface area contributed by atoms with Crippen LogP contribution in [0, 0.1) is 0 Å². The summed E-state index contributed by atoms with van der Waals surface area (Å²) in [7, 11) is -6.62. The van der Waals surface area contributed by atoms with Crippen molar-refractivity contribution >= 4 is 57.7 Å². The number of benzene rings is 2. The summed E-state index contributed by atoms with van der Waals surface area (Å²) in [4.78, 5) is 11.1. The summed E-state index contributed by atoms with van der Waals surface area (Å²) < 4.78 is 57.7. The Morgan fingerprint density at radius 1 is 1.16 bits per heavy atom. The zero-order valence-electron chi connectivity index (χ0n) is 21.3. The lowest BCUT2D eigenvalue weighted by atomic mass is 9.98. The molecule has 204 valence electrons. The quantitative estimate of drug-likeness (QED) is 0.267. The molecule has 0 fully saturated rings. The molecule has 4 rings (SSSR count). The summed E-state index contributed by atoms with van der Waals surface area (Å²) in [6.07, 6.45) is 2.35. The van der Waals surface area contributed by atoms with Gasteiger partial charge in [-0.2, -0.15) is 13.4 Å². The van der Waals surface area contributed by atoms with Crippen molar-refractivity contribution in [3.8, 4) is 11.5 Å². The Morgan fingerprint density at radius 3 is 2.58 bits per heavy atom. The Kier molecular flexibility index (Phi) is 8.17. The van der Waals surface area contributed by atoms with Crippen LogP contribution in [0.4, 0.5) is 27.0 Å². The van der Waals surface area contributed by atoms with E-state index < -0.39 is 17.6 Å². The van der Waals surface area contributed by atoms with Gasteiger partial charge >= 0.3 is 10.5 Å². The molecule has 0 saturated heterocycles. The first kappa shape index (κ1) is 28.1. The van der Waals surface area contributed by atoms with Gasteiger partial charge in [0.1, 0.15) is 23.7 Å². The molecule has 0 spiro atoms. The number of aromatic nitrogens is 2. The van der Waals surface area contributed by atoms with Gasteiger partial charge in [0.25, 0.3) is 0 Å². The predicted molar refractivity (Wildman–Crippen MR) is 147 cm³/mol. The maximum Gasteiger partial charge on any atom is 0.488 e. The Bertz CT molecular complexity index is 1520. The Labute approximate surface area is 226 Å². The van der Waals surface area contributed by atoms with Crippen LogP contribution in [0.5, 0.6) is 11.5 Å². The number of hydrogen-bond acceptors (Lipinski definition) is 10. The topological polar surface area (TPSA) is 123 Å². The molecule has 2 aromatic carbocycles. The summed E-state index contributed by atoms with van der Waals surface area (Å²) in [6, 6.07) is 7.89. The fourth-order valence-electron chi connectivity index (χ4n) is 4.17. The minimum absolute atomic E-state index is 0.186. The lowest BCUT2D eigenvalue weighted by molar-refractivity contribution is 0.267. The van der Waals surface area contributed by atoms with E-state index in [0.717, 1.165) is 26.1 Å². The standard InChI is InChI=1S/C24H28ClFN5O5PS/c1-5-31-9-8-15-11-21(35-2)20(10-16(15)14-31)29-24-27-13-18(25)23(30-24)28-19-7-6-17(36-38(26,33)34)12-22(19)37(3,4)32/h6-7,10-13H,5,8-9,14H2,1-4H3,(H2,27,28,29,30). The molecule has 2 heterocycles. The van der Waals surface area contributed by atoms with E-state index in [1.165, 1.54) is 48.9 Å². The number of halogens is 2. The average molecular weight is 584 g/mol. The fraction of sp³-hybridized carbons (Fsp3) is 0.333. The number of ether oxygens (including phenoxy) is 1. The third-order valence-electron chi connectivity index (χ3n) is 6.05. The van der Waals surface area contributed by atoms with Gasteiger partial charge in [0.2, 0.25) is 5.95 Å². The molecule has 14 heteroatoms. The van der Waals surface area contributed by atoms with Gasteiger partial charge in [-0.25, -0.2) is 4.98 Å². The lowest BCUT2D eigenvalue weighted by Crippen LogP contribution is -2.30. The second kappa shape index (κ2) is 11.1. The first-order valence-corrected chi connectivity index (χ1v) is 16.0. The SMILES string of the molecule is CCN1CCc2cc(OC)c(Nc3ncc(Cl)c(Nc4ccc(OS(=O)(=O)F)cc4P(C)(C)=O)n3)cc2C1. The molecule has 2 N–H and O–H groups in total. The van der Waals surface area contributed by atoms with E-state index >= 15 is 0 Å². The van der Waals surface area contributed by atoms with E-state index in [1.807, 2.05) is 12.1 Å². The molecule has 10 nitrogen and oxygen atoms in total. The monoisotopic (exact) mass is 583 g/mol. The number of likely N-dealkylation sites (N-methyl/N-ethyl adjacent to an activating group) is 1. The number of nitrogens with zero attached hydrogens (tertiary/aromatic N) is 3. The molecular weight excluding hydrogens is 556 g/mol. The van der Waals surface area contributed by atoms with E-state index in [0.29, 0.717) is 17.1 Å². The average Bonchev–Trinajstić information content (AvgIpc) is 2.84. The van der Waals surface area contributed by atoms with E-state index in [9.17, 15) is 16.9 Å². The summed E-state index contributed by atoms with van der Waals surface area (Å²) in [5.74, 6) is 0.786. The van der Waals surface area contributed by atoms with Crippen molar-refractivity contribution in [3.63, 3.8) is 0 Å². The highest BCUT2D eigenvalue weighted by atomic mass is 35.5. The van der Waals surface area contributed by atoms with Gasteiger partial charge in [0, 0.05) is 18.4 Å². The van der Waals surface area contributed by atoms with Gasteiger partial charge in [-0.1, -0.05) is 22.4 Å². The van der Waals surface area contributed by atoms with Crippen LogP contribution in [0.25, 0.3) is 0 Å². The molecule has 0 amide bonds. The largest absolute Gasteiger partial charge is 0.495 e. The first-order chi connectivity index (χ1) is 17.9. The van der Waals surface area contributed by atoms with Gasteiger partial charge in [-0.05, 0) is 67.8 Å². The molecule has 0 aliphatic carbocycles. The Hall–Kier alpha value is -2.92. The van der Waals surface area contributed by atoms with E-state index in [4.69, 9.17) is 16.3 Å². The number of nitrogens with one attached hydrogen (secondary N) is 2. The normalized spacial score (nSPS) is 14.1. The van der Waals surface area contributed by atoms with E-state index in [2.05, 4.69) is 36.6 Å². The molecule has 1 aliphatic heterocycles. The number of methoxy groups -OCH3 is 1. The van der Waals surface area contributed by atoms with Crippen molar-refractivity contribution in [1.29, 1.82) is 0 Å². The maximum absolute atomic E-state index is 13.0. The molecule has 0 saturated carbocycles.